The Bertz CT molecular complexity index is 781. The largest absolute Gasteiger partial charge is 0.497 e. The van der Waals surface area contributed by atoms with E-state index in [1.54, 1.807) is 21.3 Å². The molecule has 0 aliphatic rings. The van der Waals surface area contributed by atoms with Gasteiger partial charge in [-0.1, -0.05) is 12.1 Å². The van der Waals surface area contributed by atoms with Gasteiger partial charge in [0.1, 0.15) is 17.2 Å². The fourth-order valence-electron chi connectivity index (χ4n) is 2.72. The van der Waals surface area contributed by atoms with Gasteiger partial charge < -0.3 is 24.8 Å². The number of aliphatic imine (C=N–C) groups is 1. The van der Waals surface area contributed by atoms with Gasteiger partial charge in [-0.05, 0) is 43.2 Å². The monoisotopic (exact) mass is 499 g/mol. The molecule has 0 bridgehead atoms. The lowest BCUT2D eigenvalue weighted by atomic mass is 10.1. The van der Waals surface area contributed by atoms with E-state index in [0.717, 1.165) is 34.3 Å². The number of aryl methyl sites for hydroxylation is 1. The molecule has 7 heteroatoms. The second kappa shape index (κ2) is 12.3. The maximum absolute atomic E-state index is 5.59. The number of methoxy groups -OCH3 is 2. The maximum Gasteiger partial charge on any atom is 0.191 e. The number of guanidine groups is 1. The van der Waals surface area contributed by atoms with Crippen LogP contribution in [-0.4, -0.2) is 33.8 Å². The first-order valence-corrected chi connectivity index (χ1v) is 8.99. The zero-order valence-electron chi connectivity index (χ0n) is 17.2. The summed E-state index contributed by atoms with van der Waals surface area (Å²) in [7, 11) is 5.05. The molecule has 0 amide bonds. The van der Waals surface area contributed by atoms with E-state index in [0.29, 0.717) is 19.7 Å². The minimum absolute atomic E-state index is 0. The number of hydrogen-bond donors (Lipinski definition) is 2. The molecule has 0 aliphatic heterocycles. The highest BCUT2D eigenvalue weighted by Crippen LogP contribution is 2.24. The van der Waals surface area contributed by atoms with Crippen molar-refractivity contribution in [2.45, 2.75) is 26.9 Å². The first kappa shape index (κ1) is 23.9. The quantitative estimate of drug-likeness (QED) is 0.328. The third kappa shape index (κ3) is 6.78. The van der Waals surface area contributed by atoms with Crippen molar-refractivity contribution in [2.24, 2.45) is 4.99 Å². The topological polar surface area (TPSA) is 64.1 Å². The van der Waals surface area contributed by atoms with Crippen molar-refractivity contribution in [1.29, 1.82) is 0 Å². The van der Waals surface area contributed by atoms with Crippen LogP contribution >= 0.6 is 24.0 Å². The molecule has 2 aromatic rings. The molecule has 0 saturated heterocycles. The molecule has 0 spiro atoms. The van der Waals surface area contributed by atoms with E-state index in [9.17, 15) is 0 Å². The highest BCUT2D eigenvalue weighted by Gasteiger charge is 2.07. The van der Waals surface area contributed by atoms with Crippen molar-refractivity contribution in [1.82, 2.24) is 10.6 Å². The van der Waals surface area contributed by atoms with Gasteiger partial charge in [-0.25, -0.2) is 0 Å². The summed E-state index contributed by atoms with van der Waals surface area (Å²) in [5.74, 6) is 3.19. The number of halogens is 1. The fraction of sp³-hybridized carbons (Fsp3) is 0.381. The molecule has 154 valence electrons. The van der Waals surface area contributed by atoms with Crippen molar-refractivity contribution in [3.05, 3.63) is 53.1 Å². The van der Waals surface area contributed by atoms with Crippen LogP contribution in [0.5, 0.6) is 17.2 Å². The van der Waals surface area contributed by atoms with Gasteiger partial charge in [0.25, 0.3) is 0 Å². The van der Waals surface area contributed by atoms with Crippen LogP contribution in [0, 0.1) is 6.92 Å². The van der Waals surface area contributed by atoms with E-state index in [2.05, 4.69) is 34.7 Å². The van der Waals surface area contributed by atoms with Crippen molar-refractivity contribution in [2.75, 3.05) is 27.9 Å². The second-order valence-electron chi connectivity index (χ2n) is 5.99. The number of nitrogens with zero attached hydrogens (tertiary/aromatic N) is 1. The smallest absolute Gasteiger partial charge is 0.191 e. The van der Waals surface area contributed by atoms with Gasteiger partial charge in [-0.3, -0.25) is 4.99 Å². The van der Waals surface area contributed by atoms with Crippen LogP contribution < -0.4 is 24.8 Å². The van der Waals surface area contributed by atoms with Crippen LogP contribution in [0.2, 0.25) is 0 Å². The highest BCUT2D eigenvalue weighted by molar-refractivity contribution is 14.0. The predicted molar refractivity (Wildman–Crippen MR) is 124 cm³/mol. The van der Waals surface area contributed by atoms with Gasteiger partial charge in [0.05, 0.1) is 20.8 Å². The van der Waals surface area contributed by atoms with E-state index in [1.165, 1.54) is 5.56 Å². The van der Waals surface area contributed by atoms with E-state index in [4.69, 9.17) is 14.2 Å². The summed E-state index contributed by atoms with van der Waals surface area (Å²) in [5, 5.41) is 6.64. The second-order valence-corrected chi connectivity index (χ2v) is 5.99. The zero-order valence-corrected chi connectivity index (χ0v) is 19.5. The Morgan fingerprint density at radius 2 is 1.71 bits per heavy atom. The first-order valence-electron chi connectivity index (χ1n) is 8.99. The molecule has 2 aromatic carbocycles. The maximum atomic E-state index is 5.59. The molecule has 0 heterocycles. The molecule has 0 fully saturated rings. The molecule has 2 rings (SSSR count). The van der Waals surface area contributed by atoms with Crippen molar-refractivity contribution in [3.8, 4) is 17.2 Å². The number of benzene rings is 2. The Balaban J connectivity index is 0.00000392. The van der Waals surface area contributed by atoms with Crippen molar-refractivity contribution in [3.63, 3.8) is 0 Å². The SMILES string of the molecule is CCOc1ccc(CNC(=NC)NCc2ccc(OC)cc2OC)cc1C.I. The molecule has 0 saturated carbocycles. The minimum Gasteiger partial charge on any atom is -0.497 e. The average Bonchev–Trinajstić information content (AvgIpc) is 2.70. The molecule has 0 aromatic heterocycles. The average molecular weight is 499 g/mol. The van der Waals surface area contributed by atoms with Gasteiger partial charge in [0, 0.05) is 31.8 Å². The van der Waals surface area contributed by atoms with E-state index >= 15 is 0 Å². The lowest BCUT2D eigenvalue weighted by Crippen LogP contribution is -2.36. The van der Waals surface area contributed by atoms with Gasteiger partial charge in [0.15, 0.2) is 5.96 Å². The number of rotatable bonds is 8. The van der Waals surface area contributed by atoms with Crippen molar-refractivity contribution >= 4 is 29.9 Å². The summed E-state index contributed by atoms with van der Waals surface area (Å²) in [6.07, 6.45) is 0. The third-order valence-corrected chi connectivity index (χ3v) is 4.16. The minimum atomic E-state index is 0. The Morgan fingerprint density at radius 3 is 2.32 bits per heavy atom. The van der Waals surface area contributed by atoms with Crippen LogP contribution in [0.15, 0.2) is 41.4 Å². The summed E-state index contributed by atoms with van der Waals surface area (Å²) < 4.78 is 16.3. The molecule has 6 nitrogen and oxygen atoms in total. The number of hydrogen-bond acceptors (Lipinski definition) is 4. The summed E-state index contributed by atoms with van der Waals surface area (Å²) in [4.78, 5) is 4.28. The van der Waals surface area contributed by atoms with Crippen LogP contribution in [0.4, 0.5) is 0 Å². The molecule has 0 atom stereocenters. The summed E-state index contributed by atoms with van der Waals surface area (Å²) in [5.41, 5.74) is 3.32. The predicted octanol–water partition coefficient (Wildman–Crippen LogP) is 3.89. The third-order valence-electron chi connectivity index (χ3n) is 4.16. The number of nitrogens with one attached hydrogen (secondary N) is 2. The summed E-state index contributed by atoms with van der Waals surface area (Å²) in [6, 6.07) is 12.0. The van der Waals surface area contributed by atoms with Gasteiger partial charge in [-0.15, -0.1) is 24.0 Å². The lowest BCUT2D eigenvalue weighted by Gasteiger charge is -2.15. The van der Waals surface area contributed by atoms with E-state index in [1.807, 2.05) is 31.2 Å². The molecular formula is C21H30IN3O3. The molecule has 0 unspecified atom stereocenters. The van der Waals surface area contributed by atoms with Crippen LogP contribution in [0.25, 0.3) is 0 Å². The summed E-state index contributed by atoms with van der Waals surface area (Å²) >= 11 is 0. The van der Waals surface area contributed by atoms with Crippen LogP contribution in [0.3, 0.4) is 0 Å². The molecule has 0 aliphatic carbocycles. The van der Waals surface area contributed by atoms with Gasteiger partial charge >= 0.3 is 0 Å². The normalized spacial score (nSPS) is 10.7. The molecule has 0 radical (unpaired) electrons. The lowest BCUT2D eigenvalue weighted by molar-refractivity contribution is 0.338. The van der Waals surface area contributed by atoms with Crippen LogP contribution in [0.1, 0.15) is 23.6 Å². The van der Waals surface area contributed by atoms with E-state index < -0.39 is 0 Å². The first-order chi connectivity index (χ1) is 13.1. The number of ether oxygens (including phenoxy) is 3. The molecule has 2 N–H and O–H groups in total. The Hall–Kier alpha value is -2.16. The Labute approximate surface area is 184 Å². The van der Waals surface area contributed by atoms with Crippen LogP contribution in [-0.2, 0) is 13.1 Å². The highest BCUT2D eigenvalue weighted by atomic mass is 127. The standard InChI is InChI=1S/C21H29N3O3.HI/c1-6-27-19-10-7-16(11-15(19)2)13-23-21(22-3)24-14-17-8-9-18(25-4)12-20(17)26-5;/h7-12H,6,13-14H2,1-5H3,(H2,22,23,24);1H. The molecular weight excluding hydrogens is 469 g/mol. The Morgan fingerprint density at radius 1 is 0.964 bits per heavy atom. The van der Waals surface area contributed by atoms with Gasteiger partial charge in [-0.2, -0.15) is 0 Å². The fourth-order valence-corrected chi connectivity index (χ4v) is 2.72. The zero-order chi connectivity index (χ0) is 19.6. The Kier molecular flexibility index (Phi) is 10.5. The molecule has 28 heavy (non-hydrogen) atoms. The van der Waals surface area contributed by atoms with Crippen molar-refractivity contribution < 1.29 is 14.2 Å². The van der Waals surface area contributed by atoms with Gasteiger partial charge in [0.2, 0.25) is 0 Å². The van der Waals surface area contributed by atoms with E-state index in [-0.39, 0.29) is 24.0 Å². The summed E-state index contributed by atoms with van der Waals surface area (Å²) in [6.45, 7) is 5.98.